The maximum atomic E-state index is 10.8. The molecule has 0 heterocycles. The molecule has 0 radical (unpaired) electrons. The minimum absolute atomic E-state index is 0.0642. The van der Waals surface area contributed by atoms with E-state index < -0.39 is 15.0 Å². The van der Waals surface area contributed by atoms with Crippen molar-refractivity contribution in [3.8, 4) is 5.75 Å². The van der Waals surface area contributed by atoms with E-state index in [1.807, 2.05) is 0 Å². The standard InChI is InChI=1S/C7H8ClNO4S/c1-13-6-3-5(9)7(2-4(6)8)14(10,11)12/h2-3H,9H2,1H3,(H,10,11,12). The summed E-state index contributed by atoms with van der Waals surface area (Å²) in [5.74, 6) is 0.247. The van der Waals surface area contributed by atoms with Gasteiger partial charge in [-0.25, -0.2) is 0 Å². The molecule has 0 aliphatic heterocycles. The Labute approximate surface area is 86.2 Å². The van der Waals surface area contributed by atoms with Crippen molar-refractivity contribution < 1.29 is 17.7 Å². The van der Waals surface area contributed by atoms with Gasteiger partial charge in [0.1, 0.15) is 10.6 Å². The van der Waals surface area contributed by atoms with Crippen molar-refractivity contribution in [3.63, 3.8) is 0 Å². The largest absolute Gasteiger partial charge is 0.495 e. The highest BCUT2D eigenvalue weighted by molar-refractivity contribution is 7.86. The molecule has 0 aliphatic carbocycles. The van der Waals surface area contributed by atoms with Crippen LogP contribution >= 0.6 is 11.6 Å². The second kappa shape index (κ2) is 3.64. The molecular formula is C7H8ClNO4S. The maximum absolute atomic E-state index is 10.8. The van der Waals surface area contributed by atoms with Gasteiger partial charge in [0.15, 0.2) is 0 Å². The summed E-state index contributed by atoms with van der Waals surface area (Å²) < 4.78 is 35.1. The molecule has 0 aromatic heterocycles. The van der Waals surface area contributed by atoms with Crippen LogP contribution in [0.4, 0.5) is 5.69 Å². The van der Waals surface area contributed by atoms with Crippen LogP contribution in [-0.4, -0.2) is 20.1 Å². The third-order valence-electron chi connectivity index (χ3n) is 1.56. The van der Waals surface area contributed by atoms with Gasteiger partial charge in [0.25, 0.3) is 10.1 Å². The van der Waals surface area contributed by atoms with E-state index in [-0.39, 0.29) is 16.5 Å². The van der Waals surface area contributed by atoms with Gasteiger partial charge in [-0.1, -0.05) is 11.6 Å². The third kappa shape index (κ3) is 2.09. The average Bonchev–Trinajstić information content (AvgIpc) is 2.06. The van der Waals surface area contributed by atoms with Gasteiger partial charge in [-0.15, -0.1) is 0 Å². The van der Waals surface area contributed by atoms with Gasteiger partial charge in [-0.05, 0) is 6.07 Å². The molecule has 0 spiro atoms. The van der Waals surface area contributed by atoms with Gasteiger partial charge in [-0.2, -0.15) is 8.42 Å². The number of anilines is 1. The fraction of sp³-hybridized carbons (Fsp3) is 0.143. The summed E-state index contributed by atoms with van der Waals surface area (Å²) in [6, 6.07) is 2.26. The van der Waals surface area contributed by atoms with Crippen LogP contribution in [0, 0.1) is 0 Å². The predicted octanol–water partition coefficient (Wildman–Crippen LogP) is 1.18. The predicted molar refractivity (Wildman–Crippen MR) is 52.2 cm³/mol. The Hall–Kier alpha value is -0.980. The Morgan fingerprint density at radius 2 is 2.07 bits per heavy atom. The molecule has 0 amide bonds. The number of ether oxygens (including phenoxy) is 1. The first-order valence-electron chi connectivity index (χ1n) is 3.46. The monoisotopic (exact) mass is 237 g/mol. The Kier molecular flexibility index (Phi) is 2.89. The topological polar surface area (TPSA) is 89.6 Å². The SMILES string of the molecule is COc1cc(N)c(S(=O)(=O)O)cc1Cl. The van der Waals surface area contributed by atoms with Crippen LogP contribution in [0.3, 0.4) is 0 Å². The minimum Gasteiger partial charge on any atom is -0.495 e. The van der Waals surface area contributed by atoms with E-state index in [1.165, 1.54) is 13.2 Å². The lowest BCUT2D eigenvalue weighted by atomic mass is 10.3. The van der Waals surface area contributed by atoms with Gasteiger partial charge in [0.2, 0.25) is 0 Å². The molecule has 0 aliphatic rings. The first kappa shape index (κ1) is 11.1. The molecule has 0 saturated carbocycles. The molecule has 78 valence electrons. The molecule has 0 bridgehead atoms. The van der Waals surface area contributed by atoms with Crippen LogP contribution in [-0.2, 0) is 10.1 Å². The van der Waals surface area contributed by atoms with Gasteiger partial charge >= 0.3 is 0 Å². The zero-order valence-electron chi connectivity index (χ0n) is 7.19. The Morgan fingerprint density at radius 1 is 1.50 bits per heavy atom. The number of rotatable bonds is 2. The average molecular weight is 238 g/mol. The second-order valence-electron chi connectivity index (χ2n) is 2.50. The molecular weight excluding hydrogens is 230 g/mol. The number of nitrogens with two attached hydrogens (primary N) is 1. The zero-order valence-corrected chi connectivity index (χ0v) is 8.76. The van der Waals surface area contributed by atoms with Gasteiger partial charge < -0.3 is 10.5 Å². The maximum Gasteiger partial charge on any atom is 0.296 e. The molecule has 1 aromatic carbocycles. The van der Waals surface area contributed by atoms with Crippen molar-refractivity contribution in [1.82, 2.24) is 0 Å². The first-order valence-corrected chi connectivity index (χ1v) is 5.28. The van der Waals surface area contributed by atoms with Crippen LogP contribution in [0.15, 0.2) is 17.0 Å². The fourth-order valence-corrected chi connectivity index (χ4v) is 1.86. The van der Waals surface area contributed by atoms with Gasteiger partial charge in [-0.3, -0.25) is 4.55 Å². The smallest absolute Gasteiger partial charge is 0.296 e. The quantitative estimate of drug-likeness (QED) is 0.595. The van der Waals surface area contributed by atoms with Crippen LogP contribution < -0.4 is 10.5 Å². The Morgan fingerprint density at radius 3 is 2.50 bits per heavy atom. The van der Waals surface area contributed by atoms with Crippen molar-refractivity contribution in [2.75, 3.05) is 12.8 Å². The van der Waals surface area contributed by atoms with E-state index in [0.29, 0.717) is 0 Å². The number of benzene rings is 1. The van der Waals surface area contributed by atoms with E-state index in [9.17, 15) is 8.42 Å². The molecule has 1 rings (SSSR count). The van der Waals surface area contributed by atoms with Gasteiger partial charge in [0.05, 0.1) is 17.8 Å². The number of nitrogen functional groups attached to an aromatic ring is 1. The lowest BCUT2D eigenvalue weighted by Gasteiger charge is -2.07. The highest BCUT2D eigenvalue weighted by Gasteiger charge is 2.16. The molecule has 14 heavy (non-hydrogen) atoms. The van der Waals surface area contributed by atoms with Crippen molar-refractivity contribution in [3.05, 3.63) is 17.2 Å². The lowest BCUT2D eigenvalue weighted by Crippen LogP contribution is -2.03. The fourth-order valence-electron chi connectivity index (χ4n) is 0.931. The van der Waals surface area contributed by atoms with Gasteiger partial charge in [0, 0.05) is 6.07 Å². The van der Waals surface area contributed by atoms with Crippen LogP contribution in [0.25, 0.3) is 0 Å². The molecule has 3 N–H and O–H groups in total. The van der Waals surface area contributed by atoms with E-state index in [1.54, 1.807) is 0 Å². The lowest BCUT2D eigenvalue weighted by molar-refractivity contribution is 0.415. The summed E-state index contributed by atoms with van der Waals surface area (Å²) in [6.07, 6.45) is 0. The number of hydrogen-bond acceptors (Lipinski definition) is 4. The van der Waals surface area contributed by atoms with Crippen LogP contribution in [0.5, 0.6) is 5.75 Å². The van der Waals surface area contributed by atoms with Crippen molar-refractivity contribution in [2.24, 2.45) is 0 Å². The summed E-state index contributed by atoms with van der Waals surface area (Å²) in [5, 5.41) is 0.0642. The molecule has 0 atom stereocenters. The third-order valence-corrected chi connectivity index (χ3v) is 2.77. The molecule has 0 unspecified atom stereocenters. The Bertz CT molecular complexity index is 457. The van der Waals surface area contributed by atoms with Crippen molar-refractivity contribution in [2.45, 2.75) is 4.90 Å². The zero-order chi connectivity index (χ0) is 10.9. The molecule has 0 fully saturated rings. The van der Waals surface area contributed by atoms with Crippen molar-refractivity contribution in [1.29, 1.82) is 0 Å². The summed E-state index contributed by atoms with van der Waals surface area (Å²) in [4.78, 5) is -0.427. The van der Waals surface area contributed by atoms with E-state index in [0.717, 1.165) is 6.07 Å². The molecule has 5 nitrogen and oxygen atoms in total. The highest BCUT2D eigenvalue weighted by Crippen LogP contribution is 2.31. The minimum atomic E-state index is -4.35. The van der Waals surface area contributed by atoms with E-state index in [4.69, 9.17) is 26.6 Å². The molecule has 0 saturated heterocycles. The first-order chi connectivity index (χ1) is 6.36. The Balaban J connectivity index is 3.44. The summed E-state index contributed by atoms with van der Waals surface area (Å²) in [5.41, 5.74) is 5.26. The normalized spacial score (nSPS) is 11.4. The number of halogens is 1. The van der Waals surface area contributed by atoms with E-state index >= 15 is 0 Å². The number of hydrogen-bond donors (Lipinski definition) is 2. The summed E-state index contributed by atoms with van der Waals surface area (Å²) >= 11 is 5.65. The molecule has 1 aromatic rings. The van der Waals surface area contributed by atoms with Crippen LogP contribution in [0.2, 0.25) is 5.02 Å². The van der Waals surface area contributed by atoms with Crippen LogP contribution in [0.1, 0.15) is 0 Å². The van der Waals surface area contributed by atoms with Crippen molar-refractivity contribution >= 4 is 27.4 Å². The molecule has 7 heteroatoms. The van der Waals surface area contributed by atoms with E-state index in [2.05, 4.69) is 0 Å². The highest BCUT2D eigenvalue weighted by atomic mass is 35.5. The summed E-state index contributed by atoms with van der Waals surface area (Å²) in [6.45, 7) is 0. The second-order valence-corrected chi connectivity index (χ2v) is 4.30. The summed E-state index contributed by atoms with van der Waals surface area (Å²) in [7, 11) is -2.98. The number of methoxy groups -OCH3 is 1.